The van der Waals surface area contributed by atoms with E-state index in [2.05, 4.69) is 0 Å². The molecule has 0 unspecified atom stereocenters. The van der Waals surface area contributed by atoms with Gasteiger partial charge in [0.1, 0.15) is 28.1 Å². The van der Waals surface area contributed by atoms with Crippen LogP contribution in [0.15, 0.2) is 42.5 Å². The van der Waals surface area contributed by atoms with E-state index in [9.17, 15) is 14.4 Å². The summed E-state index contributed by atoms with van der Waals surface area (Å²) in [6, 6.07) is 11.7. The van der Waals surface area contributed by atoms with Gasteiger partial charge >= 0.3 is 17.9 Å². The molecule has 0 spiro atoms. The van der Waals surface area contributed by atoms with Gasteiger partial charge in [0.15, 0.2) is 11.6 Å². The zero-order valence-electron chi connectivity index (χ0n) is 25.1. The average Bonchev–Trinajstić information content (AvgIpc) is 2.91. The Morgan fingerprint density at radius 1 is 0.595 bits per heavy atom. The summed E-state index contributed by atoms with van der Waals surface area (Å²) in [7, 11) is 0. The minimum absolute atomic E-state index is 0.138. The normalized spacial score (nSPS) is 20.5. The van der Waals surface area contributed by atoms with Crippen molar-refractivity contribution < 1.29 is 47.5 Å². The van der Waals surface area contributed by atoms with E-state index in [0.717, 1.165) is 5.56 Å². The molecule has 0 bridgehead atoms. The van der Waals surface area contributed by atoms with Crippen molar-refractivity contribution in [3.05, 3.63) is 53.6 Å². The van der Waals surface area contributed by atoms with Gasteiger partial charge in [-0.1, -0.05) is 24.3 Å². The highest BCUT2D eigenvalue weighted by Gasteiger charge is 2.44. The van der Waals surface area contributed by atoms with Crippen molar-refractivity contribution in [1.29, 1.82) is 0 Å². The number of ether oxygens (including phenoxy) is 7. The SMILES string of the molecule is CC(=O)Oc1cc(/C=C/c2ccc(OC(=O)C3(C)COC(C)(C)OC3)cc2)cc(OC(=O)C2(C)COC(C)(C)OC2)c1. The molecule has 0 saturated carbocycles. The standard InChI is InChI=1S/C32H38O10/c1-21(33)40-25-14-23(15-26(16-25)42-28(35)32(7)19-38-30(4,5)39-20-32)9-8-22-10-12-24(13-11-22)41-27(34)31(6)17-36-29(2,3)37-18-31/h8-16H,17-20H2,1-7H3/b9-8+. The van der Waals surface area contributed by atoms with Crippen molar-refractivity contribution in [1.82, 2.24) is 0 Å². The Bertz CT molecular complexity index is 1340. The minimum Gasteiger partial charge on any atom is -0.427 e. The molecule has 226 valence electrons. The third-order valence-electron chi connectivity index (χ3n) is 6.87. The van der Waals surface area contributed by atoms with Crippen molar-refractivity contribution in [3.8, 4) is 17.2 Å². The number of hydrogen-bond acceptors (Lipinski definition) is 10. The summed E-state index contributed by atoms with van der Waals surface area (Å²) in [5.74, 6) is -2.15. The third kappa shape index (κ3) is 8.04. The van der Waals surface area contributed by atoms with Crippen LogP contribution >= 0.6 is 0 Å². The number of esters is 3. The summed E-state index contributed by atoms with van der Waals surface area (Å²) in [6.45, 7) is 12.6. The zero-order chi connectivity index (χ0) is 30.8. The summed E-state index contributed by atoms with van der Waals surface area (Å²) < 4.78 is 39.1. The van der Waals surface area contributed by atoms with E-state index < -0.39 is 40.3 Å². The van der Waals surface area contributed by atoms with Crippen molar-refractivity contribution in [2.45, 2.75) is 60.0 Å². The van der Waals surface area contributed by atoms with Gasteiger partial charge in [0.25, 0.3) is 0 Å². The summed E-state index contributed by atoms with van der Waals surface area (Å²) in [6.07, 6.45) is 3.60. The molecule has 0 N–H and O–H groups in total. The van der Waals surface area contributed by atoms with Crippen LogP contribution in [0.3, 0.4) is 0 Å². The highest BCUT2D eigenvalue weighted by Crippen LogP contribution is 2.33. The molecule has 4 rings (SSSR count). The van der Waals surface area contributed by atoms with E-state index in [4.69, 9.17) is 33.2 Å². The molecule has 2 aromatic rings. The molecular weight excluding hydrogens is 544 g/mol. The van der Waals surface area contributed by atoms with Gasteiger partial charge < -0.3 is 33.2 Å². The van der Waals surface area contributed by atoms with E-state index in [-0.39, 0.29) is 37.9 Å². The smallest absolute Gasteiger partial charge is 0.321 e. The Hall–Kier alpha value is -3.57. The molecule has 10 heteroatoms. The van der Waals surface area contributed by atoms with Gasteiger partial charge in [-0.25, -0.2) is 0 Å². The van der Waals surface area contributed by atoms with E-state index in [0.29, 0.717) is 11.3 Å². The predicted molar refractivity (Wildman–Crippen MR) is 153 cm³/mol. The molecule has 0 atom stereocenters. The van der Waals surface area contributed by atoms with Gasteiger partial charge in [0, 0.05) is 13.0 Å². The second-order valence-corrected chi connectivity index (χ2v) is 12.1. The lowest BCUT2D eigenvalue weighted by molar-refractivity contribution is -0.280. The van der Waals surface area contributed by atoms with Crippen LogP contribution in [-0.2, 0) is 33.3 Å². The summed E-state index contributed by atoms with van der Waals surface area (Å²) in [5, 5.41) is 0. The number of benzene rings is 2. The Labute approximate surface area is 245 Å². The molecule has 10 nitrogen and oxygen atoms in total. The Morgan fingerprint density at radius 3 is 1.45 bits per heavy atom. The second kappa shape index (κ2) is 12.0. The lowest BCUT2D eigenvalue weighted by atomic mass is 9.92. The van der Waals surface area contributed by atoms with Gasteiger partial charge in [-0.15, -0.1) is 0 Å². The van der Waals surface area contributed by atoms with Crippen molar-refractivity contribution in [3.63, 3.8) is 0 Å². The Kier molecular flexibility index (Phi) is 8.94. The molecule has 2 aliphatic rings. The van der Waals surface area contributed by atoms with Gasteiger partial charge in [0.2, 0.25) is 0 Å². The number of hydrogen-bond donors (Lipinski definition) is 0. The van der Waals surface area contributed by atoms with E-state index in [1.54, 1.807) is 84.0 Å². The molecule has 2 fully saturated rings. The number of carbonyl (C=O) groups excluding carboxylic acids is 3. The lowest BCUT2D eigenvalue weighted by Crippen LogP contribution is -2.50. The summed E-state index contributed by atoms with van der Waals surface area (Å²) >= 11 is 0. The quantitative estimate of drug-likeness (QED) is 0.246. The zero-order valence-corrected chi connectivity index (χ0v) is 25.1. The second-order valence-electron chi connectivity index (χ2n) is 12.1. The first-order chi connectivity index (χ1) is 19.6. The molecule has 0 aliphatic carbocycles. The maximum atomic E-state index is 13.0. The molecule has 0 radical (unpaired) electrons. The van der Waals surface area contributed by atoms with Crippen LogP contribution in [0.4, 0.5) is 0 Å². The fraction of sp³-hybridized carbons (Fsp3) is 0.469. The van der Waals surface area contributed by atoms with Crippen LogP contribution < -0.4 is 14.2 Å². The van der Waals surface area contributed by atoms with Crippen LogP contribution in [0.2, 0.25) is 0 Å². The Morgan fingerprint density at radius 2 is 1.00 bits per heavy atom. The monoisotopic (exact) mass is 582 g/mol. The van der Waals surface area contributed by atoms with Crippen LogP contribution in [-0.4, -0.2) is 55.9 Å². The van der Waals surface area contributed by atoms with Crippen LogP contribution in [0, 0.1) is 10.8 Å². The highest BCUT2D eigenvalue weighted by atomic mass is 16.7. The van der Waals surface area contributed by atoms with Crippen molar-refractivity contribution in [2.75, 3.05) is 26.4 Å². The third-order valence-corrected chi connectivity index (χ3v) is 6.87. The van der Waals surface area contributed by atoms with Crippen LogP contribution in [0.5, 0.6) is 17.2 Å². The van der Waals surface area contributed by atoms with Crippen LogP contribution in [0.25, 0.3) is 12.2 Å². The molecule has 42 heavy (non-hydrogen) atoms. The fourth-order valence-electron chi connectivity index (χ4n) is 4.01. The average molecular weight is 583 g/mol. The number of carbonyl (C=O) groups is 3. The maximum Gasteiger partial charge on any atom is 0.321 e. The molecule has 2 aliphatic heterocycles. The first kappa shape index (κ1) is 31.4. The molecular formula is C32H38O10. The predicted octanol–water partition coefficient (Wildman–Crippen LogP) is 5.17. The molecule has 2 heterocycles. The van der Waals surface area contributed by atoms with Crippen LogP contribution in [0.1, 0.15) is 59.6 Å². The molecule has 0 amide bonds. The molecule has 2 aromatic carbocycles. The van der Waals surface area contributed by atoms with E-state index in [1.165, 1.54) is 13.0 Å². The van der Waals surface area contributed by atoms with Crippen molar-refractivity contribution >= 4 is 30.1 Å². The summed E-state index contributed by atoms with van der Waals surface area (Å²) in [4.78, 5) is 37.4. The maximum absolute atomic E-state index is 13.0. The highest BCUT2D eigenvalue weighted by molar-refractivity contribution is 5.81. The van der Waals surface area contributed by atoms with E-state index in [1.807, 2.05) is 6.08 Å². The van der Waals surface area contributed by atoms with Gasteiger partial charge in [-0.05, 0) is 76.9 Å². The van der Waals surface area contributed by atoms with Gasteiger partial charge in [-0.3, -0.25) is 14.4 Å². The fourth-order valence-corrected chi connectivity index (χ4v) is 4.01. The van der Waals surface area contributed by atoms with E-state index >= 15 is 0 Å². The van der Waals surface area contributed by atoms with Crippen molar-refractivity contribution in [2.24, 2.45) is 10.8 Å². The van der Waals surface area contributed by atoms with Gasteiger partial charge in [-0.2, -0.15) is 0 Å². The topological polar surface area (TPSA) is 116 Å². The first-order valence-electron chi connectivity index (χ1n) is 13.7. The molecule has 2 saturated heterocycles. The summed E-state index contributed by atoms with van der Waals surface area (Å²) in [5.41, 5.74) is -0.468. The number of rotatable bonds is 7. The van der Waals surface area contributed by atoms with Gasteiger partial charge in [0.05, 0.1) is 26.4 Å². The largest absolute Gasteiger partial charge is 0.427 e. The molecule has 0 aromatic heterocycles. The first-order valence-corrected chi connectivity index (χ1v) is 13.7. The Balaban J connectivity index is 1.44. The lowest BCUT2D eigenvalue weighted by Gasteiger charge is -2.39. The minimum atomic E-state index is -1.00.